The van der Waals surface area contributed by atoms with Crippen LogP contribution < -0.4 is 10.2 Å². The Labute approximate surface area is 114 Å². The van der Waals surface area contributed by atoms with Gasteiger partial charge in [0, 0.05) is 31.9 Å². The van der Waals surface area contributed by atoms with Crippen molar-refractivity contribution in [1.29, 1.82) is 0 Å². The fraction of sp³-hybridized carbons (Fsp3) is 0.333. The van der Waals surface area contributed by atoms with Crippen LogP contribution in [0.15, 0.2) is 36.4 Å². The van der Waals surface area contributed by atoms with E-state index in [1.807, 2.05) is 33.0 Å². The van der Waals surface area contributed by atoms with Crippen LogP contribution in [-0.2, 0) is 6.54 Å². The largest absolute Gasteiger partial charge is 0.355 e. The molecule has 4 heteroatoms. The van der Waals surface area contributed by atoms with Crippen molar-refractivity contribution < 1.29 is 0 Å². The first-order valence-electron chi connectivity index (χ1n) is 6.53. The highest BCUT2D eigenvalue weighted by Crippen LogP contribution is 2.15. The summed E-state index contributed by atoms with van der Waals surface area (Å²) in [6.07, 6.45) is 0. The number of hydrogen-bond acceptors (Lipinski definition) is 4. The van der Waals surface area contributed by atoms with Gasteiger partial charge in [-0.25, -0.2) is 4.98 Å². The molecule has 0 unspecified atom stereocenters. The van der Waals surface area contributed by atoms with Gasteiger partial charge in [-0.2, -0.15) is 4.98 Å². The predicted octanol–water partition coefficient (Wildman–Crippen LogP) is 2.85. The van der Waals surface area contributed by atoms with Crippen molar-refractivity contribution in [2.24, 2.45) is 0 Å². The van der Waals surface area contributed by atoms with Gasteiger partial charge in [0.15, 0.2) is 0 Å². The summed E-state index contributed by atoms with van der Waals surface area (Å²) < 4.78 is 0. The first-order chi connectivity index (χ1) is 9.19. The molecule has 0 amide bonds. The maximum Gasteiger partial charge on any atom is 0.224 e. The Kier molecular flexibility index (Phi) is 4.34. The van der Waals surface area contributed by atoms with E-state index in [4.69, 9.17) is 0 Å². The third kappa shape index (κ3) is 3.68. The van der Waals surface area contributed by atoms with E-state index in [-0.39, 0.29) is 0 Å². The molecule has 1 N–H and O–H groups in total. The molecule has 1 aromatic heterocycles. The van der Waals surface area contributed by atoms with Gasteiger partial charge in [0.1, 0.15) is 5.82 Å². The van der Waals surface area contributed by atoms with Crippen LogP contribution in [-0.4, -0.2) is 23.6 Å². The molecule has 1 aromatic carbocycles. The molecule has 100 valence electrons. The summed E-state index contributed by atoms with van der Waals surface area (Å²) >= 11 is 0. The van der Waals surface area contributed by atoms with Gasteiger partial charge in [0.25, 0.3) is 0 Å². The fourth-order valence-corrected chi connectivity index (χ4v) is 1.92. The topological polar surface area (TPSA) is 41.1 Å². The summed E-state index contributed by atoms with van der Waals surface area (Å²) in [5.41, 5.74) is 2.24. The Hall–Kier alpha value is -2.10. The van der Waals surface area contributed by atoms with E-state index < -0.39 is 0 Å². The molecule has 0 saturated carbocycles. The lowest BCUT2D eigenvalue weighted by Crippen LogP contribution is -2.19. The maximum atomic E-state index is 4.52. The maximum absolute atomic E-state index is 4.52. The highest BCUT2D eigenvalue weighted by atomic mass is 15.2. The van der Waals surface area contributed by atoms with Gasteiger partial charge in [-0.1, -0.05) is 30.3 Å². The number of hydrogen-bond donors (Lipinski definition) is 1. The normalized spacial score (nSPS) is 10.3. The molecule has 1 heterocycles. The molecule has 2 rings (SSSR count). The van der Waals surface area contributed by atoms with E-state index >= 15 is 0 Å². The Morgan fingerprint density at radius 3 is 2.58 bits per heavy atom. The second-order valence-electron chi connectivity index (χ2n) is 4.56. The number of aromatic nitrogens is 2. The van der Waals surface area contributed by atoms with Crippen LogP contribution in [0.1, 0.15) is 18.2 Å². The van der Waals surface area contributed by atoms with Gasteiger partial charge in [-0.15, -0.1) is 0 Å². The first kappa shape index (κ1) is 13.3. The zero-order valence-corrected chi connectivity index (χ0v) is 11.7. The summed E-state index contributed by atoms with van der Waals surface area (Å²) in [6, 6.07) is 12.4. The van der Waals surface area contributed by atoms with Crippen molar-refractivity contribution in [2.45, 2.75) is 20.4 Å². The van der Waals surface area contributed by atoms with E-state index in [0.717, 1.165) is 24.6 Å². The first-order valence-corrected chi connectivity index (χ1v) is 6.53. The van der Waals surface area contributed by atoms with Crippen LogP contribution in [0.3, 0.4) is 0 Å². The van der Waals surface area contributed by atoms with Crippen molar-refractivity contribution in [2.75, 3.05) is 23.8 Å². The van der Waals surface area contributed by atoms with Crippen LogP contribution in [0.4, 0.5) is 11.8 Å². The quantitative estimate of drug-likeness (QED) is 0.893. The Balaban J connectivity index is 2.16. The van der Waals surface area contributed by atoms with Crippen molar-refractivity contribution in [3.63, 3.8) is 0 Å². The number of nitrogens with zero attached hydrogens (tertiary/aromatic N) is 3. The number of anilines is 2. The molecule has 0 aliphatic carbocycles. The third-order valence-corrected chi connectivity index (χ3v) is 2.83. The molecule has 0 fully saturated rings. The second-order valence-corrected chi connectivity index (χ2v) is 4.56. The smallest absolute Gasteiger partial charge is 0.224 e. The molecule has 0 aliphatic rings. The van der Waals surface area contributed by atoms with E-state index in [1.54, 1.807) is 0 Å². The molecule has 0 aliphatic heterocycles. The summed E-state index contributed by atoms with van der Waals surface area (Å²) in [6.45, 7) is 5.69. The molecule has 4 nitrogen and oxygen atoms in total. The molecule has 0 spiro atoms. The second kappa shape index (κ2) is 6.18. The molecular formula is C15H20N4. The lowest BCUT2D eigenvalue weighted by atomic mass is 10.2. The summed E-state index contributed by atoms with van der Waals surface area (Å²) in [4.78, 5) is 11.0. The zero-order valence-electron chi connectivity index (χ0n) is 11.7. The molecule has 2 aromatic rings. The van der Waals surface area contributed by atoms with Crippen molar-refractivity contribution in [1.82, 2.24) is 9.97 Å². The lowest BCUT2D eigenvalue weighted by molar-refractivity contribution is 0.885. The van der Waals surface area contributed by atoms with E-state index in [1.165, 1.54) is 5.56 Å². The minimum absolute atomic E-state index is 0.692. The number of rotatable bonds is 5. The van der Waals surface area contributed by atoms with Gasteiger partial charge in [-0.05, 0) is 19.4 Å². The average molecular weight is 256 g/mol. The van der Waals surface area contributed by atoms with Gasteiger partial charge in [-0.3, -0.25) is 0 Å². The highest BCUT2D eigenvalue weighted by molar-refractivity contribution is 5.44. The number of benzene rings is 1. The molecular weight excluding hydrogens is 236 g/mol. The summed E-state index contributed by atoms with van der Waals surface area (Å²) in [7, 11) is 2.05. The summed E-state index contributed by atoms with van der Waals surface area (Å²) in [5.74, 6) is 1.63. The lowest BCUT2D eigenvalue weighted by Gasteiger charge is -2.19. The monoisotopic (exact) mass is 256 g/mol. The molecule has 0 radical (unpaired) electrons. The zero-order chi connectivity index (χ0) is 13.7. The van der Waals surface area contributed by atoms with Crippen LogP contribution >= 0.6 is 0 Å². The Bertz CT molecular complexity index is 525. The molecule has 0 atom stereocenters. The van der Waals surface area contributed by atoms with Crippen LogP contribution in [0.25, 0.3) is 0 Å². The Morgan fingerprint density at radius 1 is 1.16 bits per heavy atom. The standard InChI is InChI=1S/C15H20N4/c1-4-16-15-17-12(2)10-14(18-15)19(3)11-13-8-6-5-7-9-13/h5-10H,4,11H2,1-3H3,(H,16,17,18). The molecule has 0 saturated heterocycles. The SMILES string of the molecule is CCNc1nc(C)cc(N(C)Cc2ccccc2)n1. The third-order valence-electron chi connectivity index (χ3n) is 2.83. The van der Waals surface area contributed by atoms with Crippen LogP contribution in [0, 0.1) is 6.92 Å². The van der Waals surface area contributed by atoms with E-state index in [9.17, 15) is 0 Å². The highest BCUT2D eigenvalue weighted by Gasteiger charge is 2.06. The van der Waals surface area contributed by atoms with E-state index in [0.29, 0.717) is 5.95 Å². The van der Waals surface area contributed by atoms with E-state index in [2.05, 4.69) is 44.5 Å². The minimum atomic E-state index is 0.692. The van der Waals surface area contributed by atoms with Gasteiger partial charge < -0.3 is 10.2 Å². The average Bonchev–Trinajstić information content (AvgIpc) is 2.39. The van der Waals surface area contributed by atoms with Crippen molar-refractivity contribution >= 4 is 11.8 Å². The summed E-state index contributed by atoms with van der Waals surface area (Å²) in [5, 5.41) is 3.16. The minimum Gasteiger partial charge on any atom is -0.355 e. The van der Waals surface area contributed by atoms with Gasteiger partial charge >= 0.3 is 0 Å². The van der Waals surface area contributed by atoms with Gasteiger partial charge in [0.05, 0.1) is 0 Å². The fourth-order valence-electron chi connectivity index (χ4n) is 1.92. The van der Waals surface area contributed by atoms with Crippen molar-refractivity contribution in [3.05, 3.63) is 47.7 Å². The predicted molar refractivity (Wildman–Crippen MR) is 79.5 cm³/mol. The molecule has 19 heavy (non-hydrogen) atoms. The number of aryl methyl sites for hydroxylation is 1. The van der Waals surface area contributed by atoms with Crippen molar-refractivity contribution in [3.8, 4) is 0 Å². The molecule has 0 bridgehead atoms. The van der Waals surface area contributed by atoms with Crippen LogP contribution in [0.2, 0.25) is 0 Å². The number of nitrogens with one attached hydrogen (secondary N) is 1. The van der Waals surface area contributed by atoms with Crippen LogP contribution in [0.5, 0.6) is 0 Å². The Morgan fingerprint density at radius 2 is 1.89 bits per heavy atom. The van der Waals surface area contributed by atoms with Gasteiger partial charge in [0.2, 0.25) is 5.95 Å².